The summed E-state index contributed by atoms with van der Waals surface area (Å²) < 4.78 is 33.5. The van der Waals surface area contributed by atoms with E-state index in [4.69, 9.17) is 0 Å². The lowest BCUT2D eigenvalue weighted by atomic mass is 9.85. The van der Waals surface area contributed by atoms with E-state index in [1.165, 1.54) is 13.1 Å². The minimum atomic E-state index is -4.40. The van der Waals surface area contributed by atoms with Gasteiger partial charge in [0, 0.05) is 28.9 Å². The van der Waals surface area contributed by atoms with Crippen LogP contribution in [0.5, 0.6) is 0 Å². The summed E-state index contributed by atoms with van der Waals surface area (Å²) in [4.78, 5) is 26.5. The van der Waals surface area contributed by atoms with Crippen molar-refractivity contribution in [3.63, 3.8) is 0 Å². The van der Waals surface area contributed by atoms with Crippen LogP contribution in [0.15, 0.2) is 59.5 Å². The summed E-state index contributed by atoms with van der Waals surface area (Å²) in [6, 6.07) is 15.4. The van der Waals surface area contributed by atoms with Crippen LogP contribution < -0.4 is 0 Å². The van der Waals surface area contributed by atoms with Gasteiger partial charge in [0.15, 0.2) is 0 Å². The third-order valence-electron chi connectivity index (χ3n) is 6.09. The standard InChI is InChI=1S/C23H13NO5S/c1-24-22(25)16-7-5-13-11-3-2-4-15-18(30(27,28)29)10-9-12(19(11)15)14-6-8-17(23(24)26)21(16)20(13)14/h2-10H,1H3,(H,27,28,29). The minimum Gasteiger partial charge on any atom is -0.282 e. The van der Waals surface area contributed by atoms with E-state index in [0.29, 0.717) is 27.3 Å². The smallest absolute Gasteiger partial charge is 0.282 e. The average Bonchev–Trinajstić information content (AvgIpc) is 2.73. The van der Waals surface area contributed by atoms with E-state index in [-0.39, 0.29) is 16.7 Å². The van der Waals surface area contributed by atoms with E-state index in [2.05, 4.69) is 0 Å². The van der Waals surface area contributed by atoms with Gasteiger partial charge >= 0.3 is 0 Å². The Balaban J connectivity index is 1.94. The van der Waals surface area contributed by atoms with E-state index in [1.807, 2.05) is 18.2 Å². The van der Waals surface area contributed by atoms with Gasteiger partial charge in [0.1, 0.15) is 4.90 Å². The Morgan fingerprint density at radius 3 is 1.77 bits per heavy atom. The third kappa shape index (κ3) is 1.93. The van der Waals surface area contributed by atoms with Crippen LogP contribution in [-0.4, -0.2) is 36.7 Å². The van der Waals surface area contributed by atoms with Gasteiger partial charge in [0.25, 0.3) is 21.9 Å². The molecule has 30 heavy (non-hydrogen) atoms. The largest absolute Gasteiger partial charge is 0.295 e. The molecule has 0 bridgehead atoms. The van der Waals surface area contributed by atoms with Gasteiger partial charge in [-0.3, -0.25) is 19.0 Å². The molecule has 1 aliphatic heterocycles. The van der Waals surface area contributed by atoms with Gasteiger partial charge in [0.2, 0.25) is 0 Å². The molecule has 5 aromatic carbocycles. The third-order valence-corrected chi connectivity index (χ3v) is 7.00. The summed E-state index contributed by atoms with van der Waals surface area (Å²) in [7, 11) is -2.93. The van der Waals surface area contributed by atoms with Crippen molar-refractivity contribution < 1.29 is 22.6 Å². The molecule has 2 amide bonds. The number of carbonyl (C=O) groups is 2. The molecule has 1 heterocycles. The fourth-order valence-electron chi connectivity index (χ4n) is 4.81. The highest BCUT2D eigenvalue weighted by Crippen LogP contribution is 2.44. The molecule has 0 aromatic heterocycles. The van der Waals surface area contributed by atoms with Crippen LogP contribution in [0.1, 0.15) is 20.7 Å². The minimum absolute atomic E-state index is 0.149. The van der Waals surface area contributed by atoms with Crippen LogP contribution >= 0.6 is 0 Å². The fraction of sp³-hybridized carbons (Fsp3) is 0.0435. The average molecular weight is 415 g/mol. The number of fused-ring (bicyclic) bond motifs is 2. The zero-order chi connectivity index (χ0) is 20.9. The van der Waals surface area contributed by atoms with Crippen molar-refractivity contribution in [2.24, 2.45) is 0 Å². The maximum absolute atomic E-state index is 12.7. The predicted octanol–water partition coefficient (Wildman–Crippen LogP) is 4.21. The van der Waals surface area contributed by atoms with E-state index in [1.54, 1.807) is 30.3 Å². The fourth-order valence-corrected chi connectivity index (χ4v) is 5.50. The van der Waals surface area contributed by atoms with Crippen LogP contribution in [0, 0.1) is 0 Å². The Kier molecular flexibility index (Phi) is 3.07. The summed E-state index contributed by atoms with van der Waals surface area (Å²) in [5.74, 6) is -0.691. The SMILES string of the molecule is CN1C(=O)c2ccc3c4cccc5c(S(=O)(=O)O)ccc(c6ccc(c2c36)C1=O)c54. The summed E-state index contributed by atoms with van der Waals surface area (Å²) in [5, 5.41) is 5.81. The molecule has 0 saturated carbocycles. The molecule has 0 spiro atoms. The number of hydrogen-bond donors (Lipinski definition) is 1. The van der Waals surface area contributed by atoms with Gasteiger partial charge in [-0.25, -0.2) is 0 Å². The lowest BCUT2D eigenvalue weighted by Gasteiger charge is -2.25. The van der Waals surface area contributed by atoms with Crippen LogP contribution in [0.3, 0.4) is 0 Å². The van der Waals surface area contributed by atoms with Crippen LogP contribution in [0.25, 0.3) is 43.1 Å². The second-order valence-corrected chi connectivity index (χ2v) is 8.95. The van der Waals surface area contributed by atoms with Gasteiger partial charge in [-0.05, 0) is 50.5 Å². The zero-order valence-electron chi connectivity index (χ0n) is 15.6. The summed E-state index contributed by atoms with van der Waals surface area (Å²) >= 11 is 0. The molecule has 0 atom stereocenters. The number of amides is 2. The predicted molar refractivity (Wildman–Crippen MR) is 114 cm³/mol. The van der Waals surface area contributed by atoms with Crippen molar-refractivity contribution >= 4 is 65.0 Å². The molecule has 6 nitrogen and oxygen atoms in total. The Morgan fingerprint density at radius 2 is 1.17 bits per heavy atom. The zero-order valence-corrected chi connectivity index (χ0v) is 16.4. The Labute approximate surface area is 170 Å². The highest BCUT2D eigenvalue weighted by Gasteiger charge is 2.32. The van der Waals surface area contributed by atoms with Crippen molar-refractivity contribution in [3.05, 3.63) is 65.7 Å². The van der Waals surface area contributed by atoms with E-state index in [9.17, 15) is 22.6 Å². The number of nitrogens with zero attached hydrogens (tertiary/aromatic N) is 1. The normalized spacial score (nSPS) is 14.7. The molecule has 0 radical (unpaired) electrons. The number of imide groups is 1. The van der Waals surface area contributed by atoms with Gasteiger partial charge in [0.05, 0.1) is 0 Å². The summed E-state index contributed by atoms with van der Waals surface area (Å²) in [6.45, 7) is 0. The van der Waals surface area contributed by atoms with Gasteiger partial charge < -0.3 is 0 Å². The van der Waals surface area contributed by atoms with E-state index in [0.717, 1.165) is 31.8 Å². The Bertz CT molecular complexity index is 1650. The van der Waals surface area contributed by atoms with Crippen molar-refractivity contribution in [2.75, 3.05) is 7.05 Å². The first-order chi connectivity index (χ1) is 14.3. The lowest BCUT2D eigenvalue weighted by molar-refractivity contribution is 0.0650. The molecule has 1 N–H and O–H groups in total. The number of benzene rings is 5. The molecule has 0 aliphatic carbocycles. The molecule has 0 unspecified atom stereocenters. The maximum atomic E-state index is 12.7. The van der Waals surface area contributed by atoms with Crippen LogP contribution in [0.4, 0.5) is 0 Å². The quantitative estimate of drug-likeness (QED) is 0.192. The van der Waals surface area contributed by atoms with Crippen LogP contribution in [-0.2, 0) is 10.1 Å². The molecule has 0 saturated heterocycles. The first-order valence-corrected chi connectivity index (χ1v) is 10.7. The van der Waals surface area contributed by atoms with Gasteiger partial charge in [-0.2, -0.15) is 8.42 Å². The van der Waals surface area contributed by atoms with E-state index >= 15 is 0 Å². The highest BCUT2D eigenvalue weighted by atomic mass is 32.2. The molecule has 146 valence electrons. The molecular formula is C23H13NO5S. The number of hydrogen-bond acceptors (Lipinski definition) is 4. The lowest BCUT2D eigenvalue weighted by Crippen LogP contribution is -2.36. The Morgan fingerprint density at radius 1 is 0.667 bits per heavy atom. The van der Waals surface area contributed by atoms with Crippen molar-refractivity contribution in [3.8, 4) is 0 Å². The molecule has 0 fully saturated rings. The van der Waals surface area contributed by atoms with Gasteiger partial charge in [-0.15, -0.1) is 0 Å². The second-order valence-electron chi connectivity index (χ2n) is 7.56. The number of carbonyl (C=O) groups excluding carboxylic acids is 2. The van der Waals surface area contributed by atoms with Crippen molar-refractivity contribution in [1.82, 2.24) is 4.90 Å². The molecule has 7 heteroatoms. The Hall–Kier alpha value is -3.55. The second kappa shape index (κ2) is 5.33. The first-order valence-electron chi connectivity index (χ1n) is 9.25. The molecule has 1 aliphatic rings. The molecular weight excluding hydrogens is 402 g/mol. The number of rotatable bonds is 1. The first kappa shape index (κ1) is 17.3. The van der Waals surface area contributed by atoms with Crippen molar-refractivity contribution in [1.29, 1.82) is 0 Å². The molecule has 6 rings (SSSR count). The van der Waals surface area contributed by atoms with E-state index < -0.39 is 10.1 Å². The monoisotopic (exact) mass is 415 g/mol. The highest BCUT2D eigenvalue weighted by molar-refractivity contribution is 7.86. The summed E-state index contributed by atoms with van der Waals surface area (Å²) in [5.41, 5.74) is 0.941. The van der Waals surface area contributed by atoms with Gasteiger partial charge in [-0.1, -0.05) is 36.4 Å². The maximum Gasteiger partial charge on any atom is 0.295 e. The summed E-state index contributed by atoms with van der Waals surface area (Å²) in [6.07, 6.45) is 0. The van der Waals surface area contributed by atoms with Crippen molar-refractivity contribution in [2.45, 2.75) is 4.90 Å². The topological polar surface area (TPSA) is 91.8 Å². The van der Waals surface area contributed by atoms with Crippen LogP contribution in [0.2, 0.25) is 0 Å². The molecule has 5 aromatic rings.